The summed E-state index contributed by atoms with van der Waals surface area (Å²) in [4.78, 5) is 0. The van der Waals surface area contributed by atoms with Crippen LogP contribution in [0.2, 0.25) is 5.02 Å². The van der Waals surface area contributed by atoms with Gasteiger partial charge in [-0.3, -0.25) is 0 Å². The quantitative estimate of drug-likeness (QED) is 0.505. The van der Waals surface area contributed by atoms with E-state index in [4.69, 9.17) is 23.2 Å². The summed E-state index contributed by atoms with van der Waals surface area (Å²) in [6.07, 6.45) is 0. The summed E-state index contributed by atoms with van der Waals surface area (Å²) in [5.41, 5.74) is 1.15. The Morgan fingerprint density at radius 1 is 1.00 bits per heavy atom. The molecule has 0 heterocycles. The second-order valence-electron chi connectivity index (χ2n) is 3.69. The zero-order chi connectivity index (χ0) is 13.3. The molecule has 2 aromatic carbocycles. The molecule has 0 bridgehead atoms. The van der Waals surface area contributed by atoms with Crippen LogP contribution in [0.1, 0.15) is 16.5 Å². The zero-order valence-electron chi connectivity index (χ0n) is 8.93. The van der Waals surface area contributed by atoms with E-state index in [1.807, 2.05) is 18.2 Å². The molecule has 18 heavy (non-hydrogen) atoms. The van der Waals surface area contributed by atoms with Crippen molar-refractivity contribution < 1.29 is 4.39 Å². The fraction of sp³-hybridized carbons (Fsp3) is 0.0769. The van der Waals surface area contributed by atoms with Crippen molar-refractivity contribution in [1.82, 2.24) is 0 Å². The summed E-state index contributed by atoms with van der Waals surface area (Å²) in [7, 11) is 0. The molecular weight excluding hydrogens is 406 g/mol. The number of hydrogen-bond acceptors (Lipinski definition) is 0. The van der Waals surface area contributed by atoms with Gasteiger partial charge in [0.25, 0.3) is 0 Å². The van der Waals surface area contributed by atoms with Crippen molar-refractivity contribution in [3.8, 4) is 0 Å². The molecule has 2 rings (SSSR count). The highest BCUT2D eigenvalue weighted by Gasteiger charge is 2.18. The Morgan fingerprint density at radius 3 is 2.44 bits per heavy atom. The lowest BCUT2D eigenvalue weighted by molar-refractivity contribution is 0.612. The molecule has 0 nitrogen and oxygen atoms in total. The van der Waals surface area contributed by atoms with Crippen LogP contribution in [0.15, 0.2) is 45.3 Å². The summed E-state index contributed by atoms with van der Waals surface area (Å²) >= 11 is 19.0. The van der Waals surface area contributed by atoms with E-state index >= 15 is 0 Å². The Hall–Kier alpha value is -0.0900. The van der Waals surface area contributed by atoms with E-state index in [9.17, 15) is 4.39 Å². The molecule has 0 aliphatic rings. The molecule has 0 aliphatic heterocycles. The predicted molar refractivity (Wildman–Crippen MR) is 80.9 cm³/mol. The van der Waals surface area contributed by atoms with Gasteiger partial charge in [-0.25, -0.2) is 4.39 Å². The van der Waals surface area contributed by atoms with Gasteiger partial charge in [-0.2, -0.15) is 0 Å². The normalized spacial score (nSPS) is 12.5. The molecule has 0 radical (unpaired) electrons. The Labute approximate surface area is 131 Å². The molecule has 0 fully saturated rings. The molecule has 0 spiro atoms. The van der Waals surface area contributed by atoms with Crippen molar-refractivity contribution in [3.05, 3.63) is 67.3 Å². The van der Waals surface area contributed by atoms with Gasteiger partial charge in [-0.15, -0.1) is 11.6 Å². The molecule has 0 aromatic heterocycles. The molecule has 0 saturated carbocycles. The van der Waals surface area contributed by atoms with E-state index in [1.165, 1.54) is 12.1 Å². The minimum atomic E-state index is -0.601. The van der Waals surface area contributed by atoms with Gasteiger partial charge in [-0.05, 0) is 42.0 Å². The molecule has 0 N–H and O–H groups in total. The average molecular weight is 413 g/mol. The summed E-state index contributed by atoms with van der Waals surface area (Å²) in [6.45, 7) is 0. The van der Waals surface area contributed by atoms with Crippen molar-refractivity contribution in [2.24, 2.45) is 0 Å². The molecule has 0 saturated heterocycles. The maximum atomic E-state index is 13.8. The first-order chi connectivity index (χ1) is 8.49. The van der Waals surface area contributed by atoms with Gasteiger partial charge in [-0.1, -0.05) is 43.5 Å². The third kappa shape index (κ3) is 3.08. The molecule has 1 unspecified atom stereocenters. The lowest BCUT2D eigenvalue weighted by atomic mass is 10.0. The Morgan fingerprint density at radius 2 is 1.72 bits per heavy atom. The molecule has 5 heteroatoms. The lowest BCUT2D eigenvalue weighted by Crippen LogP contribution is -1.98. The first-order valence-corrected chi connectivity index (χ1v) is 7.43. The van der Waals surface area contributed by atoms with E-state index in [2.05, 4.69) is 31.9 Å². The Bertz CT molecular complexity index is 536. The largest absolute Gasteiger partial charge is 0.207 e. The van der Waals surface area contributed by atoms with Gasteiger partial charge in [0.1, 0.15) is 5.82 Å². The topological polar surface area (TPSA) is 0 Å². The summed E-state index contributed by atoms with van der Waals surface area (Å²) in [6, 6.07) is 9.95. The highest BCUT2D eigenvalue weighted by Crippen LogP contribution is 2.37. The predicted octanol–water partition coefficient (Wildman–Crippen LogP) is 6.33. The van der Waals surface area contributed by atoms with Crippen LogP contribution in [0, 0.1) is 5.82 Å². The molecule has 2 aromatic rings. The monoisotopic (exact) mass is 410 g/mol. The smallest absolute Gasteiger partial charge is 0.128 e. The first-order valence-electron chi connectivity index (χ1n) is 5.03. The lowest BCUT2D eigenvalue weighted by Gasteiger charge is -2.14. The summed E-state index contributed by atoms with van der Waals surface area (Å²) < 4.78 is 15.5. The number of halogens is 5. The minimum Gasteiger partial charge on any atom is -0.207 e. The van der Waals surface area contributed by atoms with Gasteiger partial charge in [0, 0.05) is 19.5 Å². The molecule has 1 atom stereocenters. The third-order valence-corrected chi connectivity index (χ3v) is 4.38. The standard InChI is InChI=1S/C13H7Br2Cl2F/c14-7-1-3-11(15)9(5-7)13(17)10-6-8(16)2-4-12(10)18/h1-6,13H. The molecule has 0 aliphatic carbocycles. The fourth-order valence-corrected chi connectivity index (χ4v) is 3.10. The van der Waals surface area contributed by atoms with Crippen molar-refractivity contribution in [2.45, 2.75) is 5.38 Å². The van der Waals surface area contributed by atoms with E-state index < -0.39 is 5.38 Å². The van der Waals surface area contributed by atoms with Crippen LogP contribution in [-0.2, 0) is 0 Å². The highest BCUT2D eigenvalue weighted by molar-refractivity contribution is 9.11. The van der Waals surface area contributed by atoms with Gasteiger partial charge in [0.15, 0.2) is 0 Å². The number of benzene rings is 2. The Kier molecular flexibility index (Phi) is 4.70. The van der Waals surface area contributed by atoms with Gasteiger partial charge >= 0.3 is 0 Å². The fourth-order valence-electron chi connectivity index (χ4n) is 1.59. The average Bonchev–Trinajstić information content (AvgIpc) is 2.34. The van der Waals surface area contributed by atoms with Gasteiger partial charge in [0.05, 0.1) is 5.38 Å². The summed E-state index contributed by atoms with van der Waals surface area (Å²) in [5.74, 6) is -0.369. The SMILES string of the molecule is Fc1ccc(Cl)cc1C(Cl)c1cc(Br)ccc1Br. The van der Waals surface area contributed by atoms with Crippen LogP contribution in [0.25, 0.3) is 0 Å². The van der Waals surface area contributed by atoms with Gasteiger partial charge < -0.3 is 0 Å². The second-order valence-corrected chi connectivity index (χ2v) is 6.34. The van der Waals surface area contributed by atoms with Crippen molar-refractivity contribution in [1.29, 1.82) is 0 Å². The number of rotatable bonds is 2. The van der Waals surface area contributed by atoms with Crippen molar-refractivity contribution >= 4 is 55.1 Å². The molecular formula is C13H7Br2Cl2F. The van der Waals surface area contributed by atoms with Crippen LogP contribution in [-0.4, -0.2) is 0 Å². The van der Waals surface area contributed by atoms with Crippen LogP contribution < -0.4 is 0 Å². The number of alkyl halides is 1. The minimum absolute atomic E-state index is 0.364. The van der Waals surface area contributed by atoms with Crippen LogP contribution in [0.3, 0.4) is 0 Å². The van der Waals surface area contributed by atoms with Crippen molar-refractivity contribution in [2.75, 3.05) is 0 Å². The maximum absolute atomic E-state index is 13.8. The van der Waals surface area contributed by atoms with E-state index in [0.717, 1.165) is 14.5 Å². The highest BCUT2D eigenvalue weighted by atomic mass is 79.9. The zero-order valence-corrected chi connectivity index (χ0v) is 13.6. The first kappa shape index (κ1) is 14.3. The van der Waals surface area contributed by atoms with Crippen LogP contribution >= 0.6 is 55.1 Å². The van der Waals surface area contributed by atoms with E-state index in [-0.39, 0.29) is 5.82 Å². The van der Waals surface area contributed by atoms with Crippen LogP contribution in [0.5, 0.6) is 0 Å². The third-order valence-electron chi connectivity index (χ3n) is 2.46. The second kappa shape index (κ2) is 5.91. The summed E-state index contributed by atoms with van der Waals surface area (Å²) in [5, 5.41) is -0.140. The van der Waals surface area contributed by atoms with Crippen molar-refractivity contribution in [3.63, 3.8) is 0 Å². The maximum Gasteiger partial charge on any atom is 0.128 e. The molecule has 0 amide bonds. The van der Waals surface area contributed by atoms with Crippen LogP contribution in [0.4, 0.5) is 4.39 Å². The Balaban J connectivity index is 2.50. The number of hydrogen-bond donors (Lipinski definition) is 0. The van der Waals surface area contributed by atoms with E-state index in [0.29, 0.717) is 10.6 Å². The molecule has 94 valence electrons. The van der Waals surface area contributed by atoms with Gasteiger partial charge in [0.2, 0.25) is 0 Å². The van der Waals surface area contributed by atoms with E-state index in [1.54, 1.807) is 6.07 Å².